The van der Waals surface area contributed by atoms with E-state index < -0.39 is 21.7 Å². The molecule has 0 fully saturated rings. The zero-order valence-electron chi connectivity index (χ0n) is 6.71. The molecular weight excluding hydrogens is 200 g/mol. The smallest absolute Gasteiger partial charge is 0.214 e. The summed E-state index contributed by atoms with van der Waals surface area (Å²) in [5.41, 5.74) is 0. The molecule has 6 heteroatoms. The van der Waals surface area contributed by atoms with Gasteiger partial charge in [0.25, 0.3) is 0 Å². The molecule has 0 heterocycles. The number of hydrogen-bond acceptors (Lipinski definition) is 2. The van der Waals surface area contributed by atoms with Crippen LogP contribution in [0.1, 0.15) is 0 Å². The van der Waals surface area contributed by atoms with Crippen LogP contribution in [0.3, 0.4) is 0 Å². The molecule has 72 valence electrons. The molecule has 1 N–H and O–H groups in total. The fourth-order valence-corrected chi connectivity index (χ4v) is 1.50. The largest absolute Gasteiger partial charge is 0.240 e. The highest BCUT2D eigenvalue weighted by Crippen LogP contribution is 2.12. The Kier molecular flexibility index (Phi) is 2.63. The van der Waals surface area contributed by atoms with Crippen LogP contribution in [0, 0.1) is 11.6 Å². The minimum atomic E-state index is -3.69. The molecule has 0 saturated heterocycles. The van der Waals surface area contributed by atoms with Gasteiger partial charge < -0.3 is 0 Å². The van der Waals surface area contributed by atoms with Crippen molar-refractivity contribution < 1.29 is 17.2 Å². The number of nitrogens with one attached hydrogen (secondary N) is 1. The van der Waals surface area contributed by atoms with Crippen LogP contribution in [0.4, 0.5) is 8.78 Å². The van der Waals surface area contributed by atoms with E-state index >= 15 is 0 Å². The van der Waals surface area contributed by atoms with Gasteiger partial charge in [0.05, 0.1) is 4.90 Å². The highest BCUT2D eigenvalue weighted by Gasteiger charge is 2.13. The van der Waals surface area contributed by atoms with Crippen molar-refractivity contribution in [1.29, 1.82) is 0 Å². The average Bonchev–Trinajstić information content (AvgIpc) is 2.09. The van der Waals surface area contributed by atoms with Gasteiger partial charge in [0, 0.05) is 0 Å². The first-order valence-corrected chi connectivity index (χ1v) is 4.84. The van der Waals surface area contributed by atoms with Gasteiger partial charge in [-0.2, -0.15) is 0 Å². The van der Waals surface area contributed by atoms with E-state index in [-0.39, 0.29) is 4.90 Å². The van der Waals surface area contributed by atoms with Gasteiger partial charge in [-0.3, -0.25) is 0 Å². The van der Waals surface area contributed by atoms with Crippen LogP contribution in [0.25, 0.3) is 0 Å². The maximum Gasteiger partial charge on any atom is 0.240 e. The Morgan fingerprint density at radius 1 is 1.23 bits per heavy atom. The summed E-state index contributed by atoms with van der Waals surface area (Å²) in [6.07, 6.45) is 0. The zero-order valence-corrected chi connectivity index (χ0v) is 7.53. The highest BCUT2D eigenvalue weighted by atomic mass is 32.2. The Morgan fingerprint density at radius 3 is 2.31 bits per heavy atom. The Hall–Kier alpha value is -1.01. The Balaban J connectivity index is 3.27. The topological polar surface area (TPSA) is 46.2 Å². The Labute approximate surface area is 74.4 Å². The minimum absolute atomic E-state index is 0.297. The lowest BCUT2D eigenvalue weighted by Crippen LogP contribution is -2.18. The van der Waals surface area contributed by atoms with Crippen LogP contribution in [0.5, 0.6) is 0 Å². The lowest BCUT2D eigenvalue weighted by molar-refractivity contribution is 0.504. The van der Waals surface area contributed by atoms with Gasteiger partial charge in [-0.05, 0) is 25.2 Å². The molecule has 0 bridgehead atoms. The average molecular weight is 207 g/mol. The molecule has 0 aliphatic heterocycles. The SMILES string of the molecule is CNS(=O)(=O)c1ccc(F)c(F)c1. The van der Waals surface area contributed by atoms with E-state index in [9.17, 15) is 17.2 Å². The maximum atomic E-state index is 12.6. The molecule has 1 aromatic rings. The molecule has 0 spiro atoms. The van der Waals surface area contributed by atoms with E-state index in [1.807, 2.05) is 4.72 Å². The predicted molar refractivity (Wildman–Crippen MR) is 42.6 cm³/mol. The summed E-state index contributed by atoms with van der Waals surface area (Å²) in [4.78, 5) is -0.297. The van der Waals surface area contributed by atoms with Crippen LogP contribution in [-0.2, 0) is 10.0 Å². The molecule has 3 nitrogen and oxygen atoms in total. The van der Waals surface area contributed by atoms with E-state index in [2.05, 4.69) is 0 Å². The standard InChI is InChI=1S/C7H7F2NO2S/c1-10-13(11,12)5-2-3-6(8)7(9)4-5/h2-4,10H,1H3. The van der Waals surface area contributed by atoms with Gasteiger partial charge in [0.15, 0.2) is 11.6 Å². The molecule has 0 saturated carbocycles. The van der Waals surface area contributed by atoms with Crippen molar-refractivity contribution in [1.82, 2.24) is 4.72 Å². The van der Waals surface area contributed by atoms with Crippen LogP contribution in [0.2, 0.25) is 0 Å². The summed E-state index contributed by atoms with van der Waals surface area (Å²) in [5, 5.41) is 0. The number of hydrogen-bond donors (Lipinski definition) is 1. The van der Waals surface area contributed by atoms with E-state index in [1.165, 1.54) is 7.05 Å². The second-order valence-corrected chi connectivity index (χ2v) is 4.17. The number of benzene rings is 1. The summed E-state index contributed by atoms with van der Waals surface area (Å²) in [7, 11) is -2.50. The summed E-state index contributed by atoms with van der Waals surface area (Å²) in [5.74, 6) is -2.26. The maximum absolute atomic E-state index is 12.6. The van der Waals surface area contributed by atoms with E-state index in [0.717, 1.165) is 12.1 Å². The molecule has 0 amide bonds. The van der Waals surface area contributed by atoms with Gasteiger partial charge in [-0.25, -0.2) is 21.9 Å². The lowest BCUT2D eigenvalue weighted by Gasteiger charge is -2.01. The Bertz CT molecular complexity index is 417. The third-order valence-corrected chi connectivity index (χ3v) is 2.88. The first kappa shape index (κ1) is 10.1. The second-order valence-electron chi connectivity index (χ2n) is 2.28. The van der Waals surface area contributed by atoms with Crippen molar-refractivity contribution in [3.63, 3.8) is 0 Å². The van der Waals surface area contributed by atoms with E-state index in [0.29, 0.717) is 6.07 Å². The monoisotopic (exact) mass is 207 g/mol. The Morgan fingerprint density at radius 2 is 1.85 bits per heavy atom. The third-order valence-electron chi connectivity index (χ3n) is 1.47. The van der Waals surface area contributed by atoms with Gasteiger partial charge in [-0.1, -0.05) is 0 Å². The normalized spacial score (nSPS) is 11.6. The van der Waals surface area contributed by atoms with Crippen molar-refractivity contribution in [2.75, 3.05) is 7.05 Å². The molecule has 0 aliphatic carbocycles. The van der Waals surface area contributed by atoms with Crippen LogP contribution in [-0.4, -0.2) is 15.5 Å². The lowest BCUT2D eigenvalue weighted by atomic mass is 10.3. The molecular formula is C7H7F2NO2S. The van der Waals surface area contributed by atoms with Gasteiger partial charge >= 0.3 is 0 Å². The van der Waals surface area contributed by atoms with Crippen molar-refractivity contribution in [2.45, 2.75) is 4.90 Å². The fraction of sp³-hybridized carbons (Fsp3) is 0.143. The summed E-state index contributed by atoms with van der Waals surface area (Å²) in [6, 6.07) is 2.38. The van der Waals surface area contributed by atoms with Gasteiger partial charge in [0.2, 0.25) is 10.0 Å². The van der Waals surface area contributed by atoms with Crippen molar-refractivity contribution >= 4 is 10.0 Å². The molecule has 0 atom stereocenters. The zero-order chi connectivity index (χ0) is 10.1. The molecule has 1 rings (SSSR count). The first-order valence-electron chi connectivity index (χ1n) is 3.36. The molecule has 0 radical (unpaired) electrons. The predicted octanol–water partition coefficient (Wildman–Crippen LogP) is 0.873. The number of rotatable bonds is 2. The van der Waals surface area contributed by atoms with Crippen LogP contribution in [0.15, 0.2) is 23.1 Å². The highest BCUT2D eigenvalue weighted by molar-refractivity contribution is 7.89. The van der Waals surface area contributed by atoms with Crippen molar-refractivity contribution in [3.05, 3.63) is 29.8 Å². The quantitative estimate of drug-likeness (QED) is 0.782. The first-order chi connectivity index (χ1) is 5.97. The van der Waals surface area contributed by atoms with E-state index in [4.69, 9.17) is 0 Å². The van der Waals surface area contributed by atoms with E-state index in [1.54, 1.807) is 0 Å². The minimum Gasteiger partial charge on any atom is -0.214 e. The molecule has 13 heavy (non-hydrogen) atoms. The van der Waals surface area contributed by atoms with Gasteiger partial charge in [0.1, 0.15) is 0 Å². The number of halogens is 2. The summed E-state index contributed by atoms with van der Waals surface area (Å²) in [6.45, 7) is 0. The number of sulfonamides is 1. The third kappa shape index (κ3) is 2.02. The molecule has 0 aromatic heterocycles. The van der Waals surface area contributed by atoms with Gasteiger partial charge in [-0.15, -0.1) is 0 Å². The second kappa shape index (κ2) is 3.39. The summed E-state index contributed by atoms with van der Waals surface area (Å²) < 4.78 is 49.1. The molecule has 1 aromatic carbocycles. The van der Waals surface area contributed by atoms with Crippen molar-refractivity contribution in [3.8, 4) is 0 Å². The molecule has 0 aliphatic rings. The van der Waals surface area contributed by atoms with Crippen molar-refractivity contribution in [2.24, 2.45) is 0 Å². The van der Waals surface area contributed by atoms with Crippen LogP contribution >= 0.6 is 0 Å². The van der Waals surface area contributed by atoms with Crippen LogP contribution < -0.4 is 4.72 Å². The summed E-state index contributed by atoms with van der Waals surface area (Å²) >= 11 is 0. The fourth-order valence-electron chi connectivity index (χ4n) is 0.762. The molecule has 0 unspecified atom stereocenters.